The molecule has 0 bridgehead atoms. The summed E-state index contributed by atoms with van der Waals surface area (Å²) >= 11 is 6.37. The van der Waals surface area contributed by atoms with Crippen LogP contribution in [0.2, 0.25) is 5.02 Å². The van der Waals surface area contributed by atoms with Gasteiger partial charge < -0.3 is 24.4 Å². The number of fused-ring (bicyclic) bond motifs is 1. The molecule has 2 aromatic rings. The van der Waals surface area contributed by atoms with Crippen LogP contribution >= 0.6 is 11.6 Å². The van der Waals surface area contributed by atoms with Gasteiger partial charge in [-0.3, -0.25) is 0 Å². The van der Waals surface area contributed by atoms with Gasteiger partial charge in [0.15, 0.2) is 0 Å². The third-order valence-corrected chi connectivity index (χ3v) is 7.80. The van der Waals surface area contributed by atoms with Crippen molar-refractivity contribution in [2.45, 2.75) is 65.8 Å². The van der Waals surface area contributed by atoms with E-state index in [1.54, 1.807) is 18.2 Å². The molecule has 2 aromatic carbocycles. The molecule has 1 aliphatic heterocycles. The zero-order valence-corrected chi connectivity index (χ0v) is 29.0. The summed E-state index contributed by atoms with van der Waals surface area (Å²) in [5.74, 6) is 0.0448. The van der Waals surface area contributed by atoms with Crippen LogP contribution in [-0.2, 0) is 30.8 Å². The van der Waals surface area contributed by atoms with Crippen LogP contribution in [0, 0.1) is 6.92 Å². The molecule has 3 rings (SSSR count). The maximum Gasteiger partial charge on any atom is 0.240 e. The lowest BCUT2D eigenvalue weighted by molar-refractivity contribution is 0.0164. The van der Waals surface area contributed by atoms with Gasteiger partial charge in [0.1, 0.15) is 0 Å². The molecule has 1 heterocycles. The molecule has 8 nitrogen and oxygen atoms in total. The molecule has 0 fully saturated rings. The lowest BCUT2D eigenvalue weighted by Crippen LogP contribution is -2.32. The van der Waals surface area contributed by atoms with Gasteiger partial charge in [0.25, 0.3) is 0 Å². The van der Waals surface area contributed by atoms with Gasteiger partial charge in [-0.2, -0.15) is 0 Å². The third-order valence-electron chi connectivity index (χ3n) is 6.12. The molecule has 0 saturated heterocycles. The van der Waals surface area contributed by atoms with Gasteiger partial charge in [0.05, 0.1) is 44.5 Å². The molecule has 0 aliphatic carbocycles. The zero-order valence-electron chi connectivity index (χ0n) is 27.4. The van der Waals surface area contributed by atoms with Crippen LogP contribution in [0.15, 0.2) is 41.3 Å². The van der Waals surface area contributed by atoms with Crippen LogP contribution < -0.4 is 10.0 Å². The highest BCUT2D eigenvalue weighted by atomic mass is 35.5. The first kappa shape index (κ1) is 40.4. The first-order valence-corrected chi connectivity index (χ1v) is 17.1. The highest BCUT2D eigenvalue weighted by molar-refractivity contribution is 7.89. The van der Waals surface area contributed by atoms with Crippen molar-refractivity contribution in [1.82, 2.24) is 14.9 Å². The Morgan fingerprint density at radius 2 is 1.45 bits per heavy atom. The smallest absolute Gasteiger partial charge is 0.240 e. The highest BCUT2D eigenvalue weighted by Crippen LogP contribution is 2.37. The summed E-state index contributed by atoms with van der Waals surface area (Å²) in [5, 5.41) is 3.71. The van der Waals surface area contributed by atoms with Gasteiger partial charge in [0.2, 0.25) is 10.0 Å². The Hall–Kier alpha value is -1.56. The molecule has 1 atom stereocenters. The highest BCUT2D eigenvalue weighted by Gasteiger charge is 2.27. The zero-order chi connectivity index (χ0) is 32.0. The van der Waals surface area contributed by atoms with E-state index in [2.05, 4.69) is 28.9 Å². The number of halogens is 1. The molecule has 0 radical (unpaired) electrons. The van der Waals surface area contributed by atoms with E-state index in [0.29, 0.717) is 38.1 Å². The van der Waals surface area contributed by atoms with E-state index in [4.69, 9.17) is 25.8 Å². The Balaban J connectivity index is 0.00000263. The summed E-state index contributed by atoms with van der Waals surface area (Å²) in [6.45, 7) is 19.5. The second-order valence-electron chi connectivity index (χ2n) is 8.95. The van der Waals surface area contributed by atoms with Crippen LogP contribution in [-0.4, -0.2) is 86.7 Å². The number of nitrogens with zero attached hydrogens (tertiary/aromatic N) is 1. The number of hydrogen-bond donors (Lipinski definition) is 2. The maximum atomic E-state index is 12.9. The molecule has 2 N–H and O–H groups in total. The lowest BCUT2D eigenvalue weighted by atomic mass is 9.83. The van der Waals surface area contributed by atoms with Crippen molar-refractivity contribution in [2.24, 2.45) is 0 Å². The van der Waals surface area contributed by atoms with Gasteiger partial charge in [-0.25, -0.2) is 13.1 Å². The minimum absolute atomic E-state index is 0.0448. The summed E-state index contributed by atoms with van der Waals surface area (Å²) in [5.41, 5.74) is 4.53. The van der Waals surface area contributed by atoms with E-state index in [-0.39, 0.29) is 24.0 Å². The minimum Gasteiger partial charge on any atom is -0.378 e. The molecule has 242 valence electrons. The van der Waals surface area contributed by atoms with Crippen LogP contribution in [0.4, 0.5) is 0 Å². The molecule has 1 aliphatic rings. The summed E-state index contributed by atoms with van der Waals surface area (Å²) < 4.78 is 44.8. The van der Waals surface area contributed by atoms with Crippen molar-refractivity contribution < 1.29 is 22.6 Å². The van der Waals surface area contributed by atoms with Gasteiger partial charge in [-0.15, -0.1) is 0 Å². The average Bonchev–Trinajstić information content (AvgIpc) is 3.01. The van der Waals surface area contributed by atoms with E-state index in [1.165, 1.54) is 11.1 Å². The SMILES string of the molecule is CC.CC.CC.CNCCOCCOCCOCCNS(=O)(=O)c1cccc(C2CN(C)Cc3c(C)cc(Cl)cc32)c1. The standard InChI is InChI=1S/C26H38ClN3O5S.3C2H6/c1-20-15-22(27)17-24-25(20)18-30(3)19-26(24)21-5-4-6-23(16-21)36(31,32)29-8-10-34-12-14-35-13-11-33-9-7-28-2;3*1-2/h4-6,15-17,26,28-29H,7-14,18-19H2,1-3H3;3*1-2H3. The average molecular weight is 630 g/mol. The van der Waals surface area contributed by atoms with Gasteiger partial charge in [-0.05, 0) is 67.5 Å². The number of hydrogen-bond acceptors (Lipinski definition) is 7. The number of ether oxygens (including phenoxy) is 3. The number of benzene rings is 2. The number of sulfonamides is 1. The van der Waals surface area contributed by atoms with Crippen molar-refractivity contribution in [3.63, 3.8) is 0 Å². The maximum absolute atomic E-state index is 12.9. The first-order chi connectivity index (χ1) is 20.3. The summed E-state index contributed by atoms with van der Waals surface area (Å²) in [4.78, 5) is 2.50. The third kappa shape index (κ3) is 14.3. The summed E-state index contributed by atoms with van der Waals surface area (Å²) in [7, 11) is 0.292. The van der Waals surface area contributed by atoms with Crippen LogP contribution in [0.3, 0.4) is 0 Å². The number of aryl methyl sites for hydroxylation is 1. The largest absolute Gasteiger partial charge is 0.378 e. The fourth-order valence-electron chi connectivity index (χ4n) is 4.30. The second-order valence-corrected chi connectivity index (χ2v) is 11.2. The predicted octanol–water partition coefficient (Wildman–Crippen LogP) is 5.85. The Bertz CT molecular complexity index is 1090. The second kappa shape index (κ2) is 23.8. The van der Waals surface area contributed by atoms with Crippen molar-refractivity contribution >= 4 is 21.6 Å². The Morgan fingerprint density at radius 3 is 2.05 bits per heavy atom. The summed E-state index contributed by atoms with van der Waals surface area (Å²) in [6.07, 6.45) is 0. The Kier molecular flexibility index (Phi) is 23.0. The quantitative estimate of drug-likeness (QED) is 0.239. The van der Waals surface area contributed by atoms with Crippen LogP contribution in [0.1, 0.15) is 69.7 Å². The molecule has 10 heteroatoms. The predicted molar refractivity (Wildman–Crippen MR) is 176 cm³/mol. The van der Waals surface area contributed by atoms with E-state index in [9.17, 15) is 8.42 Å². The molecule has 0 aromatic heterocycles. The molecule has 42 heavy (non-hydrogen) atoms. The molecule has 0 saturated carbocycles. The topological polar surface area (TPSA) is 89.1 Å². The lowest BCUT2D eigenvalue weighted by Gasteiger charge is -2.34. The number of nitrogens with one attached hydrogen (secondary N) is 2. The molecule has 0 amide bonds. The minimum atomic E-state index is -3.66. The first-order valence-electron chi connectivity index (χ1n) is 15.3. The van der Waals surface area contributed by atoms with Gasteiger partial charge in [-0.1, -0.05) is 65.3 Å². The molecule has 0 spiro atoms. The van der Waals surface area contributed by atoms with Crippen LogP contribution in [0.5, 0.6) is 0 Å². The van der Waals surface area contributed by atoms with Gasteiger partial charge in [0, 0.05) is 37.1 Å². The van der Waals surface area contributed by atoms with Gasteiger partial charge >= 0.3 is 0 Å². The van der Waals surface area contributed by atoms with Crippen molar-refractivity contribution in [2.75, 3.05) is 73.4 Å². The monoisotopic (exact) mass is 629 g/mol. The van der Waals surface area contributed by atoms with Crippen molar-refractivity contribution in [3.05, 3.63) is 63.7 Å². The van der Waals surface area contributed by atoms with E-state index >= 15 is 0 Å². The summed E-state index contributed by atoms with van der Waals surface area (Å²) in [6, 6.07) is 11.2. The molecular formula is C32H56ClN3O5S. The van der Waals surface area contributed by atoms with Crippen molar-refractivity contribution in [3.8, 4) is 0 Å². The van der Waals surface area contributed by atoms with Crippen LogP contribution in [0.25, 0.3) is 0 Å². The normalized spacial score (nSPS) is 14.4. The Morgan fingerprint density at radius 1 is 0.881 bits per heavy atom. The van der Waals surface area contributed by atoms with E-state index in [1.807, 2.05) is 66.8 Å². The number of likely N-dealkylation sites (N-methyl/N-ethyl adjacent to an activating group) is 2. The Labute approximate surface area is 261 Å². The number of rotatable bonds is 15. The van der Waals surface area contributed by atoms with E-state index < -0.39 is 10.0 Å². The van der Waals surface area contributed by atoms with E-state index in [0.717, 1.165) is 30.8 Å². The molecule has 1 unspecified atom stereocenters. The molecular weight excluding hydrogens is 574 g/mol. The van der Waals surface area contributed by atoms with Crippen molar-refractivity contribution in [1.29, 1.82) is 0 Å². The fourth-order valence-corrected chi connectivity index (χ4v) is 5.65. The fraction of sp³-hybridized carbons (Fsp3) is 0.625.